The monoisotopic (exact) mass is 203 g/mol. The van der Waals surface area contributed by atoms with Gasteiger partial charge in [0.2, 0.25) is 0 Å². The first-order chi connectivity index (χ1) is 7.22. The third-order valence-corrected chi connectivity index (χ3v) is 1.84. The lowest BCUT2D eigenvalue weighted by Crippen LogP contribution is -2.02. The minimum absolute atomic E-state index is 0.0506. The zero-order valence-corrected chi connectivity index (χ0v) is 8.58. The molecule has 0 heterocycles. The van der Waals surface area contributed by atoms with Gasteiger partial charge in [-0.15, -0.1) is 5.92 Å². The quantitative estimate of drug-likeness (QED) is 0.733. The lowest BCUT2D eigenvalue weighted by atomic mass is 10.1. The maximum Gasteiger partial charge on any atom is 0.307 e. The highest BCUT2D eigenvalue weighted by atomic mass is 16.4. The van der Waals surface area contributed by atoms with E-state index in [9.17, 15) is 4.79 Å². The molecule has 3 heteroatoms. The third-order valence-electron chi connectivity index (χ3n) is 1.84. The Kier molecular flexibility index (Phi) is 4.24. The second-order valence-electron chi connectivity index (χ2n) is 3.05. The number of hydrogen-bond acceptors (Lipinski definition) is 2. The number of carboxylic acids is 1. The van der Waals surface area contributed by atoms with Crippen molar-refractivity contribution >= 4 is 11.7 Å². The van der Waals surface area contributed by atoms with Crippen molar-refractivity contribution < 1.29 is 9.90 Å². The van der Waals surface area contributed by atoms with E-state index in [2.05, 4.69) is 17.2 Å². The Morgan fingerprint density at radius 1 is 1.53 bits per heavy atom. The van der Waals surface area contributed by atoms with Gasteiger partial charge in [-0.05, 0) is 24.6 Å². The fraction of sp³-hybridized carbons (Fsp3) is 0.250. The number of anilines is 1. The first-order valence-electron chi connectivity index (χ1n) is 4.66. The summed E-state index contributed by atoms with van der Waals surface area (Å²) in [6, 6.07) is 7.35. The lowest BCUT2D eigenvalue weighted by Gasteiger charge is -2.04. The molecule has 0 aromatic heterocycles. The van der Waals surface area contributed by atoms with Gasteiger partial charge in [-0.1, -0.05) is 18.1 Å². The van der Waals surface area contributed by atoms with E-state index in [1.807, 2.05) is 18.2 Å². The number of hydrogen-bond donors (Lipinski definition) is 2. The first kappa shape index (κ1) is 11.1. The summed E-state index contributed by atoms with van der Waals surface area (Å²) in [4.78, 5) is 10.5. The van der Waals surface area contributed by atoms with Crippen LogP contribution in [0.2, 0.25) is 0 Å². The normalized spacial score (nSPS) is 8.87. The highest BCUT2D eigenvalue weighted by Gasteiger charge is 2.00. The van der Waals surface area contributed by atoms with Crippen LogP contribution in [0.25, 0.3) is 0 Å². The molecule has 0 aliphatic carbocycles. The molecule has 3 nitrogen and oxygen atoms in total. The largest absolute Gasteiger partial charge is 0.481 e. The zero-order valence-electron chi connectivity index (χ0n) is 8.58. The molecule has 0 atom stereocenters. The minimum Gasteiger partial charge on any atom is -0.481 e. The molecular formula is C12H13NO2. The van der Waals surface area contributed by atoms with Crippen LogP contribution in [0.4, 0.5) is 5.69 Å². The number of aliphatic carboxylic acids is 1. The molecule has 0 saturated heterocycles. The smallest absolute Gasteiger partial charge is 0.307 e. The molecule has 2 N–H and O–H groups in total. The molecule has 0 aliphatic heterocycles. The van der Waals surface area contributed by atoms with Crippen LogP contribution >= 0.6 is 0 Å². The van der Waals surface area contributed by atoms with E-state index in [-0.39, 0.29) is 6.42 Å². The van der Waals surface area contributed by atoms with E-state index in [1.165, 1.54) is 0 Å². The van der Waals surface area contributed by atoms with Crippen molar-refractivity contribution in [1.29, 1.82) is 0 Å². The highest BCUT2D eigenvalue weighted by Crippen LogP contribution is 2.10. The SMILES string of the molecule is CC#CCNc1cccc(CC(=O)O)c1. The van der Waals surface area contributed by atoms with Gasteiger partial charge in [0.1, 0.15) is 0 Å². The molecule has 0 fully saturated rings. The van der Waals surface area contributed by atoms with Crippen molar-refractivity contribution in [2.45, 2.75) is 13.3 Å². The fourth-order valence-corrected chi connectivity index (χ4v) is 1.20. The Bertz CT molecular complexity index is 402. The van der Waals surface area contributed by atoms with E-state index in [1.54, 1.807) is 13.0 Å². The first-order valence-corrected chi connectivity index (χ1v) is 4.66. The molecular weight excluding hydrogens is 190 g/mol. The van der Waals surface area contributed by atoms with Crippen LogP contribution in [-0.2, 0) is 11.2 Å². The standard InChI is InChI=1S/C12H13NO2/c1-2-3-7-13-11-6-4-5-10(8-11)9-12(14)15/h4-6,8,13H,7,9H2,1H3,(H,14,15). The van der Waals surface area contributed by atoms with Crippen molar-refractivity contribution in [2.24, 2.45) is 0 Å². The summed E-state index contributed by atoms with van der Waals surface area (Å²) in [5.41, 5.74) is 1.69. The Hall–Kier alpha value is -1.95. The molecule has 0 spiro atoms. The molecule has 0 unspecified atom stereocenters. The van der Waals surface area contributed by atoms with Gasteiger partial charge in [0, 0.05) is 5.69 Å². The summed E-state index contributed by atoms with van der Waals surface area (Å²) < 4.78 is 0. The molecule has 0 amide bonds. The number of carboxylic acid groups (broad SMARTS) is 1. The lowest BCUT2D eigenvalue weighted by molar-refractivity contribution is -0.136. The molecule has 0 aliphatic rings. The summed E-state index contributed by atoms with van der Waals surface area (Å²) in [7, 11) is 0. The predicted octanol–water partition coefficient (Wildman–Crippen LogP) is 1.75. The van der Waals surface area contributed by atoms with Gasteiger partial charge in [-0.25, -0.2) is 0 Å². The average Bonchev–Trinajstić information content (AvgIpc) is 2.18. The van der Waals surface area contributed by atoms with Crippen LogP contribution in [0.1, 0.15) is 12.5 Å². The maximum absolute atomic E-state index is 10.5. The van der Waals surface area contributed by atoms with Crippen LogP contribution in [0.5, 0.6) is 0 Å². The summed E-state index contributed by atoms with van der Waals surface area (Å²) >= 11 is 0. The van der Waals surface area contributed by atoms with E-state index < -0.39 is 5.97 Å². The van der Waals surface area contributed by atoms with E-state index in [0.717, 1.165) is 11.3 Å². The van der Waals surface area contributed by atoms with Gasteiger partial charge in [-0.3, -0.25) is 4.79 Å². The van der Waals surface area contributed by atoms with Gasteiger partial charge in [0.05, 0.1) is 13.0 Å². The molecule has 1 aromatic rings. The van der Waals surface area contributed by atoms with Crippen LogP contribution in [0.3, 0.4) is 0 Å². The van der Waals surface area contributed by atoms with Crippen molar-refractivity contribution in [3.05, 3.63) is 29.8 Å². The summed E-state index contributed by atoms with van der Waals surface area (Å²) in [5.74, 6) is 4.84. The number of rotatable bonds is 4. The molecule has 1 rings (SSSR count). The predicted molar refractivity (Wildman–Crippen MR) is 59.7 cm³/mol. The van der Waals surface area contributed by atoms with Crippen LogP contribution in [-0.4, -0.2) is 17.6 Å². The summed E-state index contributed by atoms with van der Waals surface area (Å²) in [6.45, 7) is 2.36. The molecule has 1 aromatic carbocycles. The molecule has 0 saturated carbocycles. The van der Waals surface area contributed by atoms with Gasteiger partial charge in [0.25, 0.3) is 0 Å². The number of benzene rings is 1. The van der Waals surface area contributed by atoms with Gasteiger partial charge in [0.15, 0.2) is 0 Å². The van der Waals surface area contributed by atoms with E-state index in [0.29, 0.717) is 6.54 Å². The minimum atomic E-state index is -0.819. The molecule has 0 bridgehead atoms. The number of nitrogens with one attached hydrogen (secondary N) is 1. The average molecular weight is 203 g/mol. The molecule has 78 valence electrons. The second kappa shape index (κ2) is 5.71. The van der Waals surface area contributed by atoms with Gasteiger partial charge >= 0.3 is 5.97 Å². The summed E-state index contributed by atoms with van der Waals surface area (Å²) in [5, 5.41) is 11.7. The Morgan fingerprint density at radius 2 is 2.33 bits per heavy atom. The zero-order chi connectivity index (χ0) is 11.1. The van der Waals surface area contributed by atoms with Crippen LogP contribution < -0.4 is 5.32 Å². The fourth-order valence-electron chi connectivity index (χ4n) is 1.20. The van der Waals surface area contributed by atoms with Crippen LogP contribution in [0, 0.1) is 11.8 Å². The maximum atomic E-state index is 10.5. The second-order valence-corrected chi connectivity index (χ2v) is 3.05. The topological polar surface area (TPSA) is 49.3 Å². The van der Waals surface area contributed by atoms with Crippen molar-refractivity contribution in [3.8, 4) is 11.8 Å². The summed E-state index contributed by atoms with van der Waals surface area (Å²) in [6.07, 6.45) is 0.0506. The van der Waals surface area contributed by atoms with Gasteiger partial charge in [-0.2, -0.15) is 0 Å². The van der Waals surface area contributed by atoms with Gasteiger partial charge < -0.3 is 10.4 Å². The van der Waals surface area contributed by atoms with Crippen molar-refractivity contribution in [3.63, 3.8) is 0 Å². The number of carbonyl (C=O) groups is 1. The van der Waals surface area contributed by atoms with E-state index >= 15 is 0 Å². The highest BCUT2D eigenvalue weighted by molar-refractivity contribution is 5.70. The Morgan fingerprint density at radius 3 is 3.00 bits per heavy atom. The molecule has 15 heavy (non-hydrogen) atoms. The Labute approximate surface area is 89.1 Å². The molecule has 0 radical (unpaired) electrons. The van der Waals surface area contributed by atoms with E-state index in [4.69, 9.17) is 5.11 Å². The third kappa shape index (κ3) is 4.19. The van der Waals surface area contributed by atoms with Crippen LogP contribution in [0.15, 0.2) is 24.3 Å². The van der Waals surface area contributed by atoms with Crippen molar-refractivity contribution in [2.75, 3.05) is 11.9 Å². The Balaban J connectivity index is 2.64. The van der Waals surface area contributed by atoms with Crippen molar-refractivity contribution in [1.82, 2.24) is 0 Å².